The molecule has 1 heterocycles. The molecule has 0 atom stereocenters. The van der Waals surface area contributed by atoms with Gasteiger partial charge in [-0.05, 0) is 6.42 Å². The van der Waals surface area contributed by atoms with E-state index < -0.39 is 0 Å². The van der Waals surface area contributed by atoms with E-state index in [9.17, 15) is 9.59 Å². The average Bonchev–Trinajstić information content (AvgIpc) is 2.44. The lowest BCUT2D eigenvalue weighted by molar-refractivity contribution is 0.0710. The summed E-state index contributed by atoms with van der Waals surface area (Å²) in [6, 6.07) is 0. The van der Waals surface area contributed by atoms with Gasteiger partial charge in [-0.1, -0.05) is 19.8 Å². The molecule has 1 aliphatic heterocycles. The summed E-state index contributed by atoms with van der Waals surface area (Å²) in [5, 5.41) is 0. The Labute approximate surface area is 114 Å². The van der Waals surface area contributed by atoms with E-state index in [-0.39, 0.29) is 6.09 Å². The molecule has 1 aliphatic rings. The first kappa shape index (κ1) is 15.8. The lowest BCUT2D eigenvalue weighted by Gasteiger charge is -2.33. The van der Waals surface area contributed by atoms with Crippen molar-refractivity contribution in [3.63, 3.8) is 0 Å². The van der Waals surface area contributed by atoms with E-state index in [4.69, 9.17) is 4.74 Å². The summed E-state index contributed by atoms with van der Waals surface area (Å²) in [4.78, 5) is 25.5. The predicted molar refractivity (Wildman–Crippen MR) is 70.5 cm³/mol. The van der Waals surface area contributed by atoms with Crippen molar-refractivity contribution in [3.05, 3.63) is 0 Å². The van der Waals surface area contributed by atoms with Crippen molar-refractivity contribution >= 4 is 12.6 Å². The Kier molecular flexibility index (Phi) is 7.97. The van der Waals surface area contributed by atoms with Crippen LogP contribution in [-0.4, -0.2) is 68.3 Å². The third-order valence-electron chi connectivity index (χ3n) is 3.17. The van der Waals surface area contributed by atoms with Gasteiger partial charge >= 0.3 is 12.6 Å². The highest BCUT2D eigenvalue weighted by atomic mass is 16.6. The maximum atomic E-state index is 11.7. The molecule has 1 saturated heterocycles. The average molecular weight is 271 g/mol. The van der Waals surface area contributed by atoms with Crippen LogP contribution in [0.15, 0.2) is 0 Å². The summed E-state index contributed by atoms with van der Waals surface area (Å²) < 4.78 is 9.74. The third kappa shape index (κ3) is 6.42. The Balaban J connectivity index is 2.11. The van der Waals surface area contributed by atoms with Crippen LogP contribution in [0, 0.1) is 0 Å². The zero-order valence-corrected chi connectivity index (χ0v) is 11.6. The first-order valence-electron chi connectivity index (χ1n) is 6.91. The standard InChI is InChI=1S/C13H23N2O4/c1-2-3-4-10-19-13(17)15-7-5-14(6-8-15)9-11-18-12-16/h2-11H2,1H3. The van der Waals surface area contributed by atoms with Gasteiger partial charge in [-0.15, -0.1) is 0 Å². The third-order valence-corrected chi connectivity index (χ3v) is 3.17. The van der Waals surface area contributed by atoms with Crippen LogP contribution in [0.5, 0.6) is 0 Å². The molecule has 1 amide bonds. The van der Waals surface area contributed by atoms with Gasteiger partial charge in [-0.25, -0.2) is 9.59 Å². The van der Waals surface area contributed by atoms with Gasteiger partial charge in [0.25, 0.3) is 0 Å². The van der Waals surface area contributed by atoms with Gasteiger partial charge < -0.3 is 14.4 Å². The van der Waals surface area contributed by atoms with Gasteiger partial charge in [-0.3, -0.25) is 4.90 Å². The van der Waals surface area contributed by atoms with Crippen LogP contribution in [0.3, 0.4) is 0 Å². The lowest BCUT2D eigenvalue weighted by atomic mass is 10.3. The number of nitrogens with zero attached hydrogens (tertiary/aromatic N) is 2. The van der Waals surface area contributed by atoms with Crippen molar-refractivity contribution in [3.8, 4) is 0 Å². The highest BCUT2D eigenvalue weighted by Gasteiger charge is 2.21. The Morgan fingerprint density at radius 3 is 2.53 bits per heavy atom. The van der Waals surface area contributed by atoms with Crippen LogP contribution in [-0.2, 0) is 14.3 Å². The van der Waals surface area contributed by atoms with Crippen LogP contribution in [0.4, 0.5) is 4.79 Å². The summed E-state index contributed by atoms with van der Waals surface area (Å²) in [5.41, 5.74) is 0. The fourth-order valence-electron chi connectivity index (χ4n) is 1.97. The number of carbonyl (C=O) groups excluding carboxylic acids is 2. The molecule has 0 aromatic rings. The zero-order valence-electron chi connectivity index (χ0n) is 11.6. The highest BCUT2D eigenvalue weighted by molar-refractivity contribution is 5.67. The molecule has 0 spiro atoms. The number of hydrogen-bond donors (Lipinski definition) is 0. The van der Waals surface area contributed by atoms with Gasteiger partial charge in [0.15, 0.2) is 0 Å². The minimum absolute atomic E-state index is 0.215. The fraction of sp³-hybridized carbons (Fsp3) is 0.846. The summed E-state index contributed by atoms with van der Waals surface area (Å²) >= 11 is 0. The monoisotopic (exact) mass is 271 g/mol. The van der Waals surface area contributed by atoms with Gasteiger partial charge in [0, 0.05) is 32.7 Å². The first-order valence-corrected chi connectivity index (χ1v) is 6.91. The Hall–Kier alpha value is -1.30. The second kappa shape index (κ2) is 9.61. The first-order chi connectivity index (χ1) is 9.27. The summed E-state index contributed by atoms with van der Waals surface area (Å²) in [5.74, 6) is 0. The molecule has 19 heavy (non-hydrogen) atoms. The van der Waals surface area contributed by atoms with Crippen LogP contribution in [0.2, 0.25) is 0 Å². The van der Waals surface area contributed by atoms with E-state index in [1.807, 2.05) is 0 Å². The van der Waals surface area contributed by atoms with E-state index in [2.05, 4.69) is 16.6 Å². The van der Waals surface area contributed by atoms with E-state index in [1.165, 1.54) is 6.47 Å². The Morgan fingerprint density at radius 1 is 1.16 bits per heavy atom. The van der Waals surface area contributed by atoms with Crippen molar-refractivity contribution < 1.29 is 19.1 Å². The maximum Gasteiger partial charge on any atom is 0.417 e. The van der Waals surface area contributed by atoms with Crippen molar-refractivity contribution in [1.29, 1.82) is 0 Å². The van der Waals surface area contributed by atoms with Crippen molar-refractivity contribution in [1.82, 2.24) is 9.80 Å². The fourth-order valence-corrected chi connectivity index (χ4v) is 1.97. The van der Waals surface area contributed by atoms with E-state index in [1.54, 1.807) is 4.90 Å². The van der Waals surface area contributed by atoms with Gasteiger partial charge in [0.1, 0.15) is 6.61 Å². The number of unbranched alkanes of at least 4 members (excludes halogenated alkanes) is 2. The summed E-state index contributed by atoms with van der Waals surface area (Å²) in [6.45, 7) is 7.97. The maximum absolute atomic E-state index is 11.7. The predicted octanol–water partition coefficient (Wildman–Crippen LogP) is 1.01. The zero-order chi connectivity index (χ0) is 13.9. The Morgan fingerprint density at radius 2 is 1.89 bits per heavy atom. The SMILES string of the molecule is CCCCCOC(=O)N1CCN(CCO[C]=O)CC1. The normalized spacial score (nSPS) is 16.2. The number of ether oxygens (including phenoxy) is 2. The molecule has 0 bridgehead atoms. The van der Waals surface area contributed by atoms with Crippen molar-refractivity contribution in [2.75, 3.05) is 45.9 Å². The molecule has 0 N–H and O–H groups in total. The number of piperazine rings is 1. The molecule has 1 rings (SSSR count). The molecule has 0 unspecified atom stereocenters. The molecule has 0 saturated carbocycles. The minimum atomic E-state index is -0.215. The van der Waals surface area contributed by atoms with Crippen molar-refractivity contribution in [2.24, 2.45) is 0 Å². The lowest BCUT2D eigenvalue weighted by Crippen LogP contribution is -2.49. The molecule has 0 aromatic carbocycles. The van der Waals surface area contributed by atoms with E-state index in [0.717, 1.165) is 32.4 Å². The highest BCUT2D eigenvalue weighted by Crippen LogP contribution is 2.04. The quantitative estimate of drug-likeness (QED) is 0.617. The smallest absolute Gasteiger partial charge is 0.417 e. The van der Waals surface area contributed by atoms with Gasteiger partial charge in [0.05, 0.1) is 6.61 Å². The number of hydrogen-bond acceptors (Lipinski definition) is 5. The van der Waals surface area contributed by atoms with Crippen molar-refractivity contribution in [2.45, 2.75) is 26.2 Å². The number of amides is 1. The molecule has 6 heteroatoms. The van der Waals surface area contributed by atoms with E-state index in [0.29, 0.717) is 32.8 Å². The molecule has 1 radical (unpaired) electrons. The van der Waals surface area contributed by atoms with Crippen LogP contribution in [0.25, 0.3) is 0 Å². The van der Waals surface area contributed by atoms with Gasteiger partial charge in [0.2, 0.25) is 0 Å². The second-order valence-corrected chi connectivity index (χ2v) is 4.58. The summed E-state index contributed by atoms with van der Waals surface area (Å²) in [6.07, 6.45) is 2.93. The topological polar surface area (TPSA) is 59.1 Å². The number of rotatable bonds is 8. The number of carbonyl (C=O) groups is 1. The molecule has 109 valence electrons. The van der Waals surface area contributed by atoms with Crippen LogP contribution in [0.1, 0.15) is 26.2 Å². The molecule has 0 aromatic heterocycles. The Bertz CT molecular complexity index is 265. The minimum Gasteiger partial charge on any atom is -0.456 e. The van der Waals surface area contributed by atoms with Gasteiger partial charge in [-0.2, -0.15) is 0 Å². The second-order valence-electron chi connectivity index (χ2n) is 4.58. The molecular formula is C13H23N2O4. The molecular weight excluding hydrogens is 248 g/mol. The summed E-state index contributed by atoms with van der Waals surface area (Å²) in [7, 11) is 0. The van der Waals surface area contributed by atoms with E-state index >= 15 is 0 Å². The largest absolute Gasteiger partial charge is 0.456 e. The molecule has 6 nitrogen and oxygen atoms in total. The van der Waals surface area contributed by atoms with Crippen LogP contribution < -0.4 is 0 Å². The van der Waals surface area contributed by atoms with Crippen LogP contribution >= 0.6 is 0 Å². The molecule has 0 aliphatic carbocycles. The molecule has 1 fully saturated rings.